The Bertz CT molecular complexity index is 658. The molecule has 106 valence electrons. The minimum Gasteiger partial charge on any atom is -0.424 e. The minimum atomic E-state index is -0.137. The molecule has 1 aliphatic carbocycles. The molecular weight excluding hydrogens is 328 g/mol. The normalized spacial score (nSPS) is 15.3. The number of esters is 1. The van der Waals surface area contributed by atoms with Crippen molar-refractivity contribution in [3.8, 4) is 0 Å². The highest BCUT2D eigenvalue weighted by Gasteiger charge is 2.32. The van der Waals surface area contributed by atoms with Crippen LogP contribution in [0.4, 0.5) is 0 Å². The molecule has 3 heteroatoms. The van der Waals surface area contributed by atoms with Crippen molar-refractivity contribution in [2.24, 2.45) is 5.92 Å². The van der Waals surface area contributed by atoms with Gasteiger partial charge in [-0.3, -0.25) is 4.79 Å². The van der Waals surface area contributed by atoms with Crippen LogP contribution in [0.15, 0.2) is 60.7 Å². The van der Waals surface area contributed by atoms with Crippen molar-refractivity contribution >= 4 is 32.1 Å². The quantitative estimate of drug-likeness (QED) is 0.450. The summed E-state index contributed by atoms with van der Waals surface area (Å²) in [5.41, 5.74) is 1.88. The van der Waals surface area contributed by atoms with Crippen LogP contribution < -0.4 is 0 Å². The van der Waals surface area contributed by atoms with E-state index >= 15 is 0 Å². The molecule has 0 aromatic heterocycles. The molecule has 2 aromatic rings. The Morgan fingerprint density at radius 2 is 1.43 bits per heavy atom. The zero-order valence-corrected chi connectivity index (χ0v) is 13.0. The van der Waals surface area contributed by atoms with Gasteiger partial charge in [0, 0.05) is 5.56 Å². The maximum absolute atomic E-state index is 12.0. The Morgan fingerprint density at radius 1 is 0.905 bits per heavy atom. The van der Waals surface area contributed by atoms with E-state index in [9.17, 15) is 4.79 Å². The second-order valence-electron chi connectivity index (χ2n) is 5.07. The van der Waals surface area contributed by atoms with Crippen LogP contribution in [-0.4, -0.2) is 5.97 Å². The van der Waals surface area contributed by atoms with Gasteiger partial charge < -0.3 is 4.74 Å². The molecule has 2 aromatic carbocycles. The van der Waals surface area contributed by atoms with Crippen LogP contribution >= 0.6 is 15.9 Å². The molecule has 0 spiro atoms. The molecule has 0 unspecified atom stereocenters. The fourth-order valence-electron chi connectivity index (χ4n) is 2.04. The third-order valence-electron chi connectivity index (χ3n) is 3.38. The van der Waals surface area contributed by atoms with E-state index in [0.717, 1.165) is 28.5 Å². The van der Waals surface area contributed by atoms with Gasteiger partial charge in [0.15, 0.2) is 5.76 Å². The van der Waals surface area contributed by atoms with Gasteiger partial charge in [0.05, 0.1) is 10.4 Å². The van der Waals surface area contributed by atoms with Gasteiger partial charge in [0.1, 0.15) is 0 Å². The van der Waals surface area contributed by atoms with Crippen molar-refractivity contribution in [2.45, 2.75) is 12.8 Å². The highest BCUT2D eigenvalue weighted by Crippen LogP contribution is 2.36. The summed E-state index contributed by atoms with van der Waals surface area (Å²) in [5, 5.41) is 0. The molecule has 0 bridgehead atoms. The molecular formula is C18H15BrO2. The van der Waals surface area contributed by atoms with Crippen LogP contribution in [0.2, 0.25) is 0 Å². The molecule has 1 aliphatic rings. The van der Waals surface area contributed by atoms with E-state index in [1.54, 1.807) is 0 Å². The van der Waals surface area contributed by atoms with Crippen molar-refractivity contribution in [3.05, 3.63) is 71.8 Å². The zero-order chi connectivity index (χ0) is 14.7. The summed E-state index contributed by atoms with van der Waals surface area (Å²) < 4.78 is 6.47. The standard InChI is InChI=1S/C18H15BrO2/c19-16(13-7-3-1-4-8-13)17(14-9-5-2-6-10-14)21-18(20)15-11-12-15/h1-10,15H,11-12H2/b17-16+. The third-order valence-corrected chi connectivity index (χ3v) is 4.19. The summed E-state index contributed by atoms with van der Waals surface area (Å²) in [6, 6.07) is 19.6. The van der Waals surface area contributed by atoms with E-state index in [4.69, 9.17) is 4.74 Å². The smallest absolute Gasteiger partial charge is 0.314 e. The number of rotatable bonds is 4. The molecule has 21 heavy (non-hydrogen) atoms. The van der Waals surface area contributed by atoms with Crippen LogP contribution in [-0.2, 0) is 9.53 Å². The number of benzene rings is 2. The molecule has 3 rings (SSSR count). The lowest BCUT2D eigenvalue weighted by molar-refractivity contribution is -0.138. The summed E-state index contributed by atoms with van der Waals surface area (Å²) in [7, 11) is 0. The summed E-state index contributed by atoms with van der Waals surface area (Å²) in [6.45, 7) is 0. The summed E-state index contributed by atoms with van der Waals surface area (Å²) in [6.07, 6.45) is 1.87. The molecule has 0 heterocycles. The Morgan fingerprint density at radius 3 is 1.95 bits per heavy atom. The van der Waals surface area contributed by atoms with Crippen molar-refractivity contribution in [1.82, 2.24) is 0 Å². The maximum atomic E-state index is 12.0. The first-order chi connectivity index (χ1) is 10.3. The number of carbonyl (C=O) groups excluding carboxylic acids is 1. The largest absolute Gasteiger partial charge is 0.424 e. The second kappa shape index (κ2) is 6.27. The highest BCUT2D eigenvalue weighted by atomic mass is 79.9. The van der Waals surface area contributed by atoms with E-state index in [-0.39, 0.29) is 11.9 Å². The topological polar surface area (TPSA) is 26.3 Å². The number of hydrogen-bond donors (Lipinski definition) is 0. The first-order valence-electron chi connectivity index (χ1n) is 6.98. The van der Waals surface area contributed by atoms with Crippen LogP contribution in [0.1, 0.15) is 24.0 Å². The predicted octanol–water partition coefficient (Wildman–Crippen LogP) is 4.86. The monoisotopic (exact) mass is 342 g/mol. The molecule has 0 aliphatic heterocycles. The molecule has 0 radical (unpaired) electrons. The maximum Gasteiger partial charge on any atom is 0.314 e. The van der Waals surface area contributed by atoms with Gasteiger partial charge in [-0.1, -0.05) is 60.7 Å². The molecule has 1 saturated carbocycles. The van der Waals surface area contributed by atoms with E-state index < -0.39 is 0 Å². The third kappa shape index (κ3) is 3.42. The first kappa shape index (κ1) is 14.1. The Balaban J connectivity index is 2.00. The van der Waals surface area contributed by atoms with Gasteiger partial charge in [-0.05, 0) is 34.3 Å². The zero-order valence-electron chi connectivity index (χ0n) is 11.5. The molecule has 1 fully saturated rings. The number of hydrogen-bond acceptors (Lipinski definition) is 2. The highest BCUT2D eigenvalue weighted by molar-refractivity contribution is 9.15. The van der Waals surface area contributed by atoms with Crippen molar-refractivity contribution in [2.75, 3.05) is 0 Å². The number of halogens is 1. The number of carbonyl (C=O) groups is 1. The van der Waals surface area contributed by atoms with Gasteiger partial charge >= 0.3 is 5.97 Å². The van der Waals surface area contributed by atoms with E-state index in [1.165, 1.54) is 0 Å². The molecule has 0 saturated heterocycles. The lowest BCUT2D eigenvalue weighted by Gasteiger charge is -2.12. The van der Waals surface area contributed by atoms with Gasteiger partial charge in [0.2, 0.25) is 0 Å². The minimum absolute atomic E-state index is 0.0692. The fourth-order valence-corrected chi connectivity index (χ4v) is 2.61. The van der Waals surface area contributed by atoms with E-state index in [0.29, 0.717) is 5.76 Å². The predicted molar refractivity (Wildman–Crippen MR) is 87.4 cm³/mol. The van der Waals surface area contributed by atoms with Gasteiger partial charge in [-0.25, -0.2) is 0 Å². The lowest BCUT2D eigenvalue weighted by atomic mass is 10.1. The molecule has 0 amide bonds. The van der Waals surface area contributed by atoms with Gasteiger partial charge in [0.25, 0.3) is 0 Å². The van der Waals surface area contributed by atoms with Crippen molar-refractivity contribution < 1.29 is 9.53 Å². The molecule has 0 atom stereocenters. The van der Waals surface area contributed by atoms with Crippen LogP contribution in [0, 0.1) is 5.92 Å². The SMILES string of the molecule is O=C(O/C(=C(/Br)c1ccccc1)c1ccccc1)C1CC1. The Labute approximate surface area is 132 Å². The van der Waals surface area contributed by atoms with Crippen molar-refractivity contribution in [3.63, 3.8) is 0 Å². The fraction of sp³-hybridized carbons (Fsp3) is 0.167. The van der Waals surface area contributed by atoms with Crippen LogP contribution in [0.5, 0.6) is 0 Å². The van der Waals surface area contributed by atoms with E-state index in [1.807, 2.05) is 60.7 Å². The van der Waals surface area contributed by atoms with Crippen LogP contribution in [0.25, 0.3) is 10.2 Å². The lowest BCUT2D eigenvalue weighted by Crippen LogP contribution is -2.06. The first-order valence-corrected chi connectivity index (χ1v) is 7.77. The van der Waals surface area contributed by atoms with Crippen molar-refractivity contribution in [1.29, 1.82) is 0 Å². The average Bonchev–Trinajstić information content (AvgIpc) is 3.38. The summed E-state index contributed by atoms with van der Waals surface area (Å²) >= 11 is 3.59. The Hall–Kier alpha value is -1.87. The van der Waals surface area contributed by atoms with Gasteiger partial charge in [-0.2, -0.15) is 0 Å². The summed E-state index contributed by atoms with van der Waals surface area (Å²) in [5.74, 6) is 0.514. The van der Waals surface area contributed by atoms with E-state index in [2.05, 4.69) is 15.9 Å². The van der Waals surface area contributed by atoms with Crippen LogP contribution in [0.3, 0.4) is 0 Å². The number of ether oxygens (including phenoxy) is 1. The summed E-state index contributed by atoms with van der Waals surface area (Å²) in [4.78, 5) is 12.0. The molecule has 0 N–H and O–H groups in total. The average molecular weight is 343 g/mol. The second-order valence-corrected chi connectivity index (χ2v) is 5.86. The van der Waals surface area contributed by atoms with Gasteiger partial charge in [-0.15, -0.1) is 0 Å². The Kier molecular flexibility index (Phi) is 4.20. The molecule has 2 nitrogen and oxygen atoms in total.